The summed E-state index contributed by atoms with van der Waals surface area (Å²) in [4.78, 5) is 11.1. The van der Waals surface area contributed by atoms with Crippen molar-refractivity contribution in [3.63, 3.8) is 0 Å². The van der Waals surface area contributed by atoms with E-state index in [0.29, 0.717) is 11.1 Å². The van der Waals surface area contributed by atoms with Gasteiger partial charge in [-0.3, -0.25) is 4.79 Å². The van der Waals surface area contributed by atoms with Crippen LogP contribution in [0.1, 0.15) is 11.8 Å². The number of fused-ring (bicyclic) bond motifs is 1. The van der Waals surface area contributed by atoms with Gasteiger partial charge >= 0.3 is 5.97 Å². The highest BCUT2D eigenvalue weighted by molar-refractivity contribution is 5.85. The third kappa shape index (κ3) is 3.20. The van der Waals surface area contributed by atoms with Crippen LogP contribution in [0.15, 0.2) is 30.5 Å². The zero-order valence-corrected chi connectivity index (χ0v) is 13.8. The molecule has 26 heavy (non-hydrogen) atoms. The molecule has 1 aromatic carbocycles. The summed E-state index contributed by atoms with van der Waals surface area (Å²) in [5.74, 6) is -1.13. The maximum absolute atomic E-state index is 11.1. The second kappa shape index (κ2) is 7.31. The minimum atomic E-state index is -1.50. The number of aliphatic hydroxyl groups is 4. The Morgan fingerprint density at radius 3 is 2.54 bits per heavy atom. The molecule has 142 valence electrons. The van der Waals surface area contributed by atoms with E-state index in [1.54, 1.807) is 35.0 Å². The molecule has 0 radical (unpaired) electrons. The summed E-state index contributed by atoms with van der Waals surface area (Å²) in [6.07, 6.45) is -4.82. The summed E-state index contributed by atoms with van der Waals surface area (Å²) in [5, 5.41) is 49.5. The Balaban J connectivity index is 2.03. The van der Waals surface area contributed by atoms with E-state index in [4.69, 9.17) is 15.6 Å². The first kappa shape index (κ1) is 18.8. The minimum Gasteiger partial charge on any atom is -0.480 e. The van der Waals surface area contributed by atoms with E-state index >= 15 is 0 Å². The molecule has 2 heterocycles. The molecule has 1 aromatic heterocycles. The van der Waals surface area contributed by atoms with E-state index in [0.717, 1.165) is 5.39 Å². The molecule has 0 saturated carbocycles. The van der Waals surface area contributed by atoms with E-state index in [1.165, 1.54) is 0 Å². The Morgan fingerprint density at radius 1 is 1.19 bits per heavy atom. The molecule has 9 heteroatoms. The predicted molar refractivity (Wildman–Crippen MR) is 90.3 cm³/mol. The number of ether oxygens (including phenoxy) is 1. The number of hydrogen-bond acceptors (Lipinski definition) is 7. The van der Waals surface area contributed by atoms with Crippen molar-refractivity contribution in [1.82, 2.24) is 4.57 Å². The van der Waals surface area contributed by atoms with Crippen molar-refractivity contribution in [2.24, 2.45) is 5.73 Å². The standard InChI is InChI=1S/C17H22N2O7/c18-10(17(24)25)5-8-6-19(11-4-2-1-3-9(8)11)16-15(23)14(22)13(21)12(7-20)26-16/h1-4,6,10,12-16,20-23H,5,7,18H2,(H,24,25)/t10-,12+,13+,14-,15+,16-/m0/s1. The Hall–Kier alpha value is -2.01. The van der Waals surface area contributed by atoms with Gasteiger partial charge in [-0.25, -0.2) is 0 Å². The van der Waals surface area contributed by atoms with Crippen LogP contribution in [0.3, 0.4) is 0 Å². The van der Waals surface area contributed by atoms with E-state index < -0.39 is 49.3 Å². The topological polar surface area (TPSA) is 158 Å². The molecule has 7 N–H and O–H groups in total. The molecule has 1 aliphatic rings. The molecule has 2 aromatic rings. The van der Waals surface area contributed by atoms with E-state index in [9.17, 15) is 25.2 Å². The molecule has 0 spiro atoms. The van der Waals surface area contributed by atoms with Gasteiger partial charge in [-0.2, -0.15) is 0 Å². The van der Waals surface area contributed by atoms with Crippen LogP contribution >= 0.6 is 0 Å². The van der Waals surface area contributed by atoms with Crippen molar-refractivity contribution in [3.8, 4) is 0 Å². The Bertz CT molecular complexity index is 791. The fourth-order valence-corrected chi connectivity index (χ4v) is 3.29. The highest BCUT2D eigenvalue weighted by Gasteiger charge is 2.44. The molecule has 0 amide bonds. The van der Waals surface area contributed by atoms with Crippen molar-refractivity contribution in [2.45, 2.75) is 43.1 Å². The van der Waals surface area contributed by atoms with Crippen molar-refractivity contribution in [2.75, 3.05) is 6.61 Å². The van der Waals surface area contributed by atoms with Gasteiger partial charge in [0.05, 0.1) is 12.1 Å². The first-order valence-corrected chi connectivity index (χ1v) is 8.22. The summed E-state index contributed by atoms with van der Waals surface area (Å²) in [6.45, 7) is -0.530. The minimum absolute atomic E-state index is 0.0697. The number of rotatable bonds is 5. The average molecular weight is 366 g/mol. The van der Waals surface area contributed by atoms with Crippen LogP contribution in [0.25, 0.3) is 10.9 Å². The third-order valence-corrected chi connectivity index (χ3v) is 4.72. The van der Waals surface area contributed by atoms with Crippen LogP contribution in [-0.4, -0.2) is 73.1 Å². The van der Waals surface area contributed by atoms with E-state index in [-0.39, 0.29) is 6.42 Å². The number of hydrogen-bond donors (Lipinski definition) is 6. The van der Waals surface area contributed by atoms with Crippen LogP contribution in [-0.2, 0) is 16.0 Å². The number of carbonyl (C=O) groups is 1. The monoisotopic (exact) mass is 366 g/mol. The predicted octanol–water partition coefficient (Wildman–Crippen LogP) is -1.43. The van der Waals surface area contributed by atoms with Gasteiger partial charge in [-0.15, -0.1) is 0 Å². The lowest BCUT2D eigenvalue weighted by atomic mass is 9.98. The summed E-state index contributed by atoms with van der Waals surface area (Å²) < 4.78 is 7.15. The SMILES string of the molecule is N[C@@H](Cc1cn([C@H]2O[C@H](CO)[C@@H](O)[C@H](O)[C@H]2O)c2ccccc12)C(=O)O. The van der Waals surface area contributed by atoms with Crippen molar-refractivity contribution >= 4 is 16.9 Å². The molecule has 6 atom stereocenters. The Morgan fingerprint density at radius 2 is 1.88 bits per heavy atom. The first-order chi connectivity index (χ1) is 12.3. The smallest absolute Gasteiger partial charge is 0.320 e. The number of benzene rings is 1. The molecule has 0 unspecified atom stereocenters. The van der Waals surface area contributed by atoms with Crippen molar-refractivity contribution in [3.05, 3.63) is 36.0 Å². The number of para-hydroxylation sites is 1. The first-order valence-electron chi connectivity index (χ1n) is 8.22. The highest BCUT2D eigenvalue weighted by Crippen LogP contribution is 2.33. The Labute approximate surface area is 148 Å². The van der Waals surface area contributed by atoms with Gasteiger partial charge in [0, 0.05) is 18.0 Å². The maximum atomic E-state index is 11.1. The fraction of sp³-hybridized carbons (Fsp3) is 0.471. The summed E-state index contributed by atoms with van der Waals surface area (Å²) in [7, 11) is 0. The summed E-state index contributed by atoms with van der Waals surface area (Å²) in [5.41, 5.74) is 6.93. The lowest BCUT2D eigenvalue weighted by Crippen LogP contribution is -2.56. The number of nitrogens with two attached hydrogens (primary N) is 1. The van der Waals surface area contributed by atoms with Crippen LogP contribution in [0.4, 0.5) is 0 Å². The van der Waals surface area contributed by atoms with Crippen LogP contribution in [0.2, 0.25) is 0 Å². The van der Waals surface area contributed by atoms with E-state index in [1.807, 2.05) is 0 Å². The molecule has 1 aliphatic heterocycles. The van der Waals surface area contributed by atoms with Gasteiger partial charge in [0.2, 0.25) is 0 Å². The normalized spacial score (nSPS) is 30.4. The molecule has 9 nitrogen and oxygen atoms in total. The quantitative estimate of drug-likeness (QED) is 0.376. The van der Waals surface area contributed by atoms with Gasteiger partial charge in [-0.1, -0.05) is 18.2 Å². The Kier molecular flexibility index (Phi) is 5.28. The number of aliphatic hydroxyl groups excluding tert-OH is 4. The average Bonchev–Trinajstić information content (AvgIpc) is 2.98. The van der Waals surface area contributed by atoms with Gasteiger partial charge in [0.1, 0.15) is 30.5 Å². The summed E-state index contributed by atoms with van der Waals surface area (Å²) >= 11 is 0. The largest absolute Gasteiger partial charge is 0.480 e. The number of carboxylic acids is 1. The van der Waals surface area contributed by atoms with Gasteiger partial charge in [-0.05, 0) is 11.6 Å². The van der Waals surface area contributed by atoms with Gasteiger partial charge in [0.25, 0.3) is 0 Å². The molecular weight excluding hydrogens is 344 g/mol. The third-order valence-electron chi connectivity index (χ3n) is 4.72. The van der Waals surface area contributed by atoms with Gasteiger partial charge < -0.3 is 40.6 Å². The summed E-state index contributed by atoms with van der Waals surface area (Å²) in [6, 6.07) is 6.01. The van der Waals surface area contributed by atoms with Crippen molar-refractivity contribution in [1.29, 1.82) is 0 Å². The van der Waals surface area contributed by atoms with Crippen LogP contribution < -0.4 is 5.73 Å². The van der Waals surface area contributed by atoms with Crippen LogP contribution in [0.5, 0.6) is 0 Å². The number of aliphatic carboxylic acids is 1. The molecule has 1 saturated heterocycles. The van der Waals surface area contributed by atoms with Crippen LogP contribution in [0, 0.1) is 0 Å². The van der Waals surface area contributed by atoms with Crippen molar-refractivity contribution < 1.29 is 35.1 Å². The lowest BCUT2D eigenvalue weighted by Gasteiger charge is -2.40. The highest BCUT2D eigenvalue weighted by atomic mass is 16.6. The molecular formula is C17H22N2O7. The maximum Gasteiger partial charge on any atom is 0.320 e. The zero-order chi connectivity index (χ0) is 19.0. The number of aromatic nitrogens is 1. The van der Waals surface area contributed by atoms with Gasteiger partial charge in [0.15, 0.2) is 6.23 Å². The van der Waals surface area contributed by atoms with E-state index in [2.05, 4.69) is 0 Å². The zero-order valence-electron chi connectivity index (χ0n) is 13.8. The number of carboxylic acid groups (broad SMARTS) is 1. The molecule has 0 aliphatic carbocycles. The second-order valence-corrected chi connectivity index (χ2v) is 6.45. The number of nitrogens with zero attached hydrogens (tertiary/aromatic N) is 1. The fourth-order valence-electron chi connectivity index (χ4n) is 3.29. The lowest BCUT2D eigenvalue weighted by molar-refractivity contribution is -0.250. The second-order valence-electron chi connectivity index (χ2n) is 6.45. The molecule has 0 bridgehead atoms. The molecule has 1 fully saturated rings. The molecule has 3 rings (SSSR count).